The minimum absolute atomic E-state index is 0.206. The molecular formula is C11H15NO6S2. The number of nitrogens with one attached hydrogen (secondary N) is 1. The van der Waals surface area contributed by atoms with E-state index in [1.165, 1.54) is 18.2 Å². The number of carboxylic acids is 1. The van der Waals surface area contributed by atoms with Crippen LogP contribution in [0.25, 0.3) is 0 Å². The normalized spacial score (nSPS) is 12.1. The highest BCUT2D eigenvalue weighted by atomic mass is 32.2. The summed E-state index contributed by atoms with van der Waals surface area (Å²) < 4.78 is 47.5. The number of sulfonamides is 1. The molecule has 0 bridgehead atoms. The number of carbonyl (C=O) groups is 1. The molecule has 0 aromatic heterocycles. The second kappa shape index (κ2) is 6.23. The van der Waals surface area contributed by atoms with Gasteiger partial charge in [0.05, 0.1) is 17.9 Å². The van der Waals surface area contributed by atoms with E-state index in [2.05, 4.69) is 4.72 Å². The van der Waals surface area contributed by atoms with Crippen LogP contribution in [0.4, 0.5) is 5.69 Å². The van der Waals surface area contributed by atoms with Gasteiger partial charge in [-0.2, -0.15) is 0 Å². The number of hydrogen-bond donors (Lipinski definition) is 2. The van der Waals surface area contributed by atoms with Crippen LogP contribution >= 0.6 is 0 Å². The van der Waals surface area contributed by atoms with E-state index in [1.54, 1.807) is 6.07 Å². The number of hydrogen-bond acceptors (Lipinski definition) is 5. The van der Waals surface area contributed by atoms with Crippen molar-refractivity contribution >= 4 is 31.5 Å². The summed E-state index contributed by atoms with van der Waals surface area (Å²) in [5.41, 5.74) is 0.651. The van der Waals surface area contributed by atoms with E-state index in [9.17, 15) is 21.6 Å². The number of aliphatic carboxylic acids is 1. The summed E-state index contributed by atoms with van der Waals surface area (Å²) in [6.07, 6.45) is 0.731. The first-order valence-electron chi connectivity index (χ1n) is 5.56. The smallest absolute Gasteiger partial charge is 0.307 e. The van der Waals surface area contributed by atoms with Gasteiger partial charge in [0.2, 0.25) is 10.0 Å². The molecule has 0 radical (unpaired) electrons. The van der Waals surface area contributed by atoms with Crippen LogP contribution in [-0.4, -0.2) is 45.7 Å². The van der Waals surface area contributed by atoms with Crippen LogP contribution in [0.15, 0.2) is 24.3 Å². The number of sulfone groups is 1. The average Bonchev–Trinajstić information content (AvgIpc) is 2.24. The molecule has 2 N–H and O–H groups in total. The summed E-state index contributed by atoms with van der Waals surface area (Å²) in [4.78, 5) is 10.6. The van der Waals surface area contributed by atoms with Crippen LogP contribution in [0.1, 0.15) is 5.56 Å². The van der Waals surface area contributed by atoms with Crippen molar-refractivity contribution in [2.75, 3.05) is 22.5 Å². The number of anilines is 1. The fraction of sp³-hybridized carbons (Fsp3) is 0.364. The van der Waals surface area contributed by atoms with Crippen molar-refractivity contribution in [3.05, 3.63) is 29.8 Å². The Labute approximate surface area is 117 Å². The average molecular weight is 321 g/mol. The largest absolute Gasteiger partial charge is 0.481 e. The first kappa shape index (κ1) is 16.4. The zero-order valence-electron chi connectivity index (χ0n) is 10.7. The summed E-state index contributed by atoms with van der Waals surface area (Å²) in [7, 11) is -7.16. The molecule has 0 unspecified atom stereocenters. The Morgan fingerprint density at radius 2 is 1.85 bits per heavy atom. The van der Waals surface area contributed by atoms with Gasteiger partial charge < -0.3 is 5.11 Å². The third kappa shape index (κ3) is 6.53. The van der Waals surface area contributed by atoms with E-state index >= 15 is 0 Å². The highest BCUT2D eigenvalue weighted by Crippen LogP contribution is 2.13. The number of rotatable bonds is 7. The van der Waals surface area contributed by atoms with Gasteiger partial charge in [0.1, 0.15) is 9.84 Å². The summed E-state index contributed by atoms with van der Waals surface area (Å²) in [6.45, 7) is 0. The van der Waals surface area contributed by atoms with Gasteiger partial charge in [-0.25, -0.2) is 16.8 Å². The van der Waals surface area contributed by atoms with Gasteiger partial charge >= 0.3 is 5.97 Å². The number of benzene rings is 1. The van der Waals surface area contributed by atoms with Crippen molar-refractivity contribution in [2.45, 2.75) is 6.42 Å². The van der Waals surface area contributed by atoms with E-state index in [4.69, 9.17) is 5.11 Å². The minimum atomic E-state index is -3.79. The molecule has 1 aromatic carbocycles. The molecule has 0 aliphatic carbocycles. The molecule has 20 heavy (non-hydrogen) atoms. The maximum absolute atomic E-state index is 11.7. The maximum Gasteiger partial charge on any atom is 0.307 e. The highest BCUT2D eigenvalue weighted by molar-refractivity contribution is 7.95. The molecular weight excluding hydrogens is 306 g/mol. The second-order valence-corrected chi connectivity index (χ2v) is 8.42. The molecule has 0 saturated heterocycles. The molecule has 0 aliphatic heterocycles. The Kier molecular flexibility index (Phi) is 5.12. The fourth-order valence-corrected chi connectivity index (χ4v) is 4.09. The van der Waals surface area contributed by atoms with Crippen LogP contribution < -0.4 is 4.72 Å². The van der Waals surface area contributed by atoms with E-state index in [0.29, 0.717) is 5.56 Å². The van der Waals surface area contributed by atoms with Gasteiger partial charge in [0.25, 0.3) is 0 Å². The third-order valence-corrected chi connectivity index (χ3v) is 4.77. The molecule has 9 heteroatoms. The van der Waals surface area contributed by atoms with Gasteiger partial charge in [-0.3, -0.25) is 9.52 Å². The molecule has 0 saturated carbocycles. The van der Waals surface area contributed by atoms with Crippen LogP contribution in [0.5, 0.6) is 0 Å². The second-order valence-electron chi connectivity index (χ2n) is 4.32. The zero-order valence-corrected chi connectivity index (χ0v) is 12.4. The van der Waals surface area contributed by atoms with Crippen LogP contribution in [0.3, 0.4) is 0 Å². The van der Waals surface area contributed by atoms with Crippen LogP contribution in [0, 0.1) is 0 Å². The lowest BCUT2D eigenvalue weighted by Crippen LogP contribution is -2.22. The van der Waals surface area contributed by atoms with Crippen molar-refractivity contribution in [3.8, 4) is 0 Å². The fourth-order valence-electron chi connectivity index (χ4n) is 1.41. The molecule has 1 rings (SSSR count). The molecule has 0 heterocycles. The summed E-state index contributed by atoms with van der Waals surface area (Å²) in [5.74, 6) is -2.05. The monoisotopic (exact) mass is 321 g/mol. The zero-order chi connectivity index (χ0) is 15.4. The van der Waals surface area contributed by atoms with E-state index in [0.717, 1.165) is 6.26 Å². The van der Waals surface area contributed by atoms with Crippen molar-refractivity contribution in [2.24, 2.45) is 0 Å². The minimum Gasteiger partial charge on any atom is -0.481 e. The lowest BCUT2D eigenvalue weighted by Gasteiger charge is -2.08. The Balaban J connectivity index is 2.79. The third-order valence-electron chi connectivity index (χ3n) is 2.28. The summed E-state index contributed by atoms with van der Waals surface area (Å²) in [6, 6.07) is 5.94. The predicted octanol–water partition coefficient (Wildman–Crippen LogP) is 0.1000. The Morgan fingerprint density at radius 1 is 1.20 bits per heavy atom. The Bertz CT molecular complexity index is 693. The van der Waals surface area contributed by atoms with Gasteiger partial charge in [0, 0.05) is 11.9 Å². The predicted molar refractivity (Wildman–Crippen MR) is 74.9 cm³/mol. The van der Waals surface area contributed by atoms with Crippen molar-refractivity contribution in [1.29, 1.82) is 0 Å². The topological polar surface area (TPSA) is 118 Å². The molecule has 1 aromatic rings. The first-order valence-corrected chi connectivity index (χ1v) is 9.28. The molecule has 0 fully saturated rings. The molecule has 0 atom stereocenters. The summed E-state index contributed by atoms with van der Waals surface area (Å²) >= 11 is 0. The van der Waals surface area contributed by atoms with Gasteiger partial charge in [-0.05, 0) is 17.7 Å². The molecule has 7 nitrogen and oxygen atoms in total. The quantitative estimate of drug-likeness (QED) is 0.735. The Morgan fingerprint density at radius 3 is 2.40 bits per heavy atom. The number of carboxylic acid groups (broad SMARTS) is 1. The van der Waals surface area contributed by atoms with Crippen molar-refractivity contribution in [3.63, 3.8) is 0 Å². The van der Waals surface area contributed by atoms with Gasteiger partial charge in [-0.15, -0.1) is 0 Å². The van der Waals surface area contributed by atoms with Crippen LogP contribution in [0.2, 0.25) is 0 Å². The highest BCUT2D eigenvalue weighted by Gasteiger charge is 2.14. The van der Waals surface area contributed by atoms with E-state index in [1.807, 2.05) is 0 Å². The van der Waals surface area contributed by atoms with E-state index in [-0.39, 0.29) is 12.1 Å². The molecule has 0 aliphatic rings. The van der Waals surface area contributed by atoms with Crippen molar-refractivity contribution < 1.29 is 26.7 Å². The summed E-state index contributed by atoms with van der Waals surface area (Å²) in [5, 5.41) is 8.66. The molecule has 0 amide bonds. The van der Waals surface area contributed by atoms with Crippen LogP contribution in [-0.2, 0) is 31.1 Å². The van der Waals surface area contributed by atoms with E-state index < -0.39 is 37.3 Å². The molecule has 112 valence electrons. The SMILES string of the molecule is CS(=O)(=O)CCS(=O)(=O)Nc1cccc(CC(=O)O)c1. The van der Waals surface area contributed by atoms with Gasteiger partial charge in [0.15, 0.2) is 0 Å². The first-order chi connectivity index (χ1) is 9.07. The lowest BCUT2D eigenvalue weighted by molar-refractivity contribution is -0.136. The Hall–Kier alpha value is -1.61. The van der Waals surface area contributed by atoms with Crippen molar-refractivity contribution in [1.82, 2.24) is 0 Å². The van der Waals surface area contributed by atoms with Gasteiger partial charge in [-0.1, -0.05) is 12.1 Å². The standard InChI is InChI=1S/C11H15NO6S2/c1-19(15,16)5-6-20(17,18)12-10-4-2-3-9(7-10)8-11(13)14/h2-4,7,12H,5-6,8H2,1H3,(H,13,14). The molecule has 0 spiro atoms. The lowest BCUT2D eigenvalue weighted by atomic mass is 10.1. The maximum atomic E-state index is 11.7.